The zero-order valence-corrected chi connectivity index (χ0v) is 28.8. The van der Waals surface area contributed by atoms with Crippen molar-refractivity contribution in [2.24, 2.45) is 0 Å². The van der Waals surface area contributed by atoms with Gasteiger partial charge in [-0.1, -0.05) is 53.7 Å². The monoisotopic (exact) mass is 697 g/mol. The Labute approximate surface area is 281 Å². The van der Waals surface area contributed by atoms with Gasteiger partial charge in [0.15, 0.2) is 0 Å². The van der Waals surface area contributed by atoms with Crippen LogP contribution in [-0.4, -0.2) is 27.6 Å². The molecule has 236 valence electrons. The number of ether oxygens (including phenoxy) is 1. The fraction of sp³-hybridized carbons (Fsp3) is 0.222. The smallest absolute Gasteiger partial charge is 0.412 e. The van der Waals surface area contributed by atoms with Gasteiger partial charge in [-0.2, -0.15) is 0 Å². The number of pyridine rings is 2. The summed E-state index contributed by atoms with van der Waals surface area (Å²) in [5.41, 5.74) is 4.99. The van der Waals surface area contributed by atoms with Crippen LogP contribution in [0.15, 0.2) is 106 Å². The van der Waals surface area contributed by atoms with Crippen LogP contribution < -0.4 is 16.0 Å². The summed E-state index contributed by atoms with van der Waals surface area (Å²) >= 11 is 4.99. The van der Waals surface area contributed by atoms with Crippen LogP contribution in [0.5, 0.6) is 0 Å². The Morgan fingerprint density at radius 1 is 0.913 bits per heavy atom. The highest BCUT2D eigenvalue weighted by molar-refractivity contribution is 9.10. The van der Waals surface area contributed by atoms with Gasteiger partial charge < -0.3 is 15.4 Å². The number of anilines is 3. The number of carbonyl (C=O) groups excluding carboxylic acids is 2. The average molecular weight is 699 g/mol. The second kappa shape index (κ2) is 14.3. The largest absolute Gasteiger partial charge is 0.444 e. The minimum atomic E-state index is -0.585. The van der Waals surface area contributed by atoms with Crippen molar-refractivity contribution in [3.05, 3.63) is 113 Å². The van der Waals surface area contributed by atoms with E-state index in [1.807, 2.05) is 106 Å². The molecule has 46 heavy (non-hydrogen) atoms. The van der Waals surface area contributed by atoms with Crippen LogP contribution >= 0.6 is 27.7 Å². The first-order valence-electron chi connectivity index (χ1n) is 14.9. The summed E-state index contributed by atoms with van der Waals surface area (Å²) in [4.78, 5) is 36.6. The number of benzene rings is 3. The molecule has 0 fully saturated rings. The van der Waals surface area contributed by atoms with Gasteiger partial charge in [-0.05, 0) is 99.0 Å². The number of rotatable bonds is 9. The zero-order valence-electron chi connectivity index (χ0n) is 26.4. The third kappa shape index (κ3) is 8.86. The Hall–Kier alpha value is -4.41. The summed E-state index contributed by atoms with van der Waals surface area (Å²) in [6.07, 6.45) is 3.11. The molecule has 0 atom stereocenters. The molecule has 8 nitrogen and oxygen atoms in total. The van der Waals surface area contributed by atoms with E-state index in [0.29, 0.717) is 17.8 Å². The van der Waals surface area contributed by atoms with Gasteiger partial charge >= 0.3 is 6.09 Å². The molecule has 0 saturated heterocycles. The average Bonchev–Trinajstić information content (AvgIpc) is 3.01. The number of aromatic nitrogens is 2. The first-order valence-corrected chi connectivity index (χ1v) is 16.5. The predicted molar refractivity (Wildman–Crippen MR) is 189 cm³/mol. The molecular weight excluding hydrogens is 662 g/mol. The van der Waals surface area contributed by atoms with Crippen LogP contribution in [0.25, 0.3) is 10.9 Å². The highest BCUT2D eigenvalue weighted by atomic mass is 79.9. The van der Waals surface area contributed by atoms with Gasteiger partial charge in [-0.3, -0.25) is 20.1 Å². The summed E-state index contributed by atoms with van der Waals surface area (Å²) in [5.74, 6) is 0.104. The fourth-order valence-electron chi connectivity index (χ4n) is 4.53. The number of fused-ring (bicyclic) bond motifs is 1. The molecule has 0 bridgehead atoms. The second-order valence-electron chi connectivity index (χ2n) is 12.0. The lowest BCUT2D eigenvalue weighted by Crippen LogP contribution is -2.27. The normalized spacial score (nSPS) is 11.4. The Morgan fingerprint density at radius 2 is 1.65 bits per heavy atom. The summed E-state index contributed by atoms with van der Waals surface area (Å²) in [6.45, 7) is 10.1. The molecule has 0 aliphatic carbocycles. The first kappa shape index (κ1) is 33.0. The van der Waals surface area contributed by atoms with Gasteiger partial charge in [0.25, 0.3) is 5.91 Å². The quantitative estimate of drug-likeness (QED) is 0.141. The minimum Gasteiger partial charge on any atom is -0.444 e. The van der Waals surface area contributed by atoms with Crippen LogP contribution in [-0.2, 0) is 11.3 Å². The Balaban J connectivity index is 1.41. The Kier molecular flexibility index (Phi) is 10.3. The SMILES string of the molecule is CC(C)c1cc2nccc(Nc3cc(C(=O)NCc4ccc(Br)cc4)ccc3Sc3ccc(NC(=O)OC(C)(C)C)cc3)c2cn1. The van der Waals surface area contributed by atoms with E-state index in [2.05, 4.69) is 55.7 Å². The highest BCUT2D eigenvalue weighted by Gasteiger charge is 2.17. The molecule has 0 saturated carbocycles. The molecule has 3 N–H and O–H groups in total. The van der Waals surface area contributed by atoms with Gasteiger partial charge in [-0.25, -0.2) is 4.79 Å². The van der Waals surface area contributed by atoms with E-state index in [9.17, 15) is 9.59 Å². The van der Waals surface area contributed by atoms with Gasteiger partial charge in [0.2, 0.25) is 0 Å². The summed E-state index contributed by atoms with van der Waals surface area (Å²) in [6, 6.07) is 24.9. The number of hydrogen-bond donors (Lipinski definition) is 3. The minimum absolute atomic E-state index is 0.178. The first-order chi connectivity index (χ1) is 21.9. The maximum absolute atomic E-state index is 13.3. The molecule has 5 aromatic rings. The standard InChI is InChI=1S/C36H36BrN5O3S/c1-22(2)30-19-31-28(21-39-30)29(16-17-38-31)42-32-18-24(34(43)40-20-23-6-9-25(37)10-7-23)8-15-33(32)46-27-13-11-26(12-14-27)41-35(44)45-36(3,4)5/h6-19,21-22H,20H2,1-5H3,(H,38,42)(H,40,43)(H,41,44). The van der Waals surface area contributed by atoms with Gasteiger partial charge in [0.1, 0.15) is 5.60 Å². The number of nitrogens with zero attached hydrogens (tertiary/aromatic N) is 2. The van der Waals surface area contributed by atoms with Crippen LogP contribution in [0.3, 0.4) is 0 Å². The van der Waals surface area contributed by atoms with Crippen molar-refractivity contribution in [1.29, 1.82) is 0 Å². The maximum Gasteiger partial charge on any atom is 0.412 e. The van der Waals surface area contributed by atoms with E-state index in [4.69, 9.17) is 4.74 Å². The lowest BCUT2D eigenvalue weighted by atomic mass is 10.1. The number of carbonyl (C=O) groups is 2. The Bertz CT molecular complexity index is 1860. The third-order valence-electron chi connectivity index (χ3n) is 6.84. The Morgan fingerprint density at radius 3 is 2.35 bits per heavy atom. The van der Waals surface area contributed by atoms with Crippen molar-refractivity contribution in [1.82, 2.24) is 15.3 Å². The summed E-state index contributed by atoms with van der Waals surface area (Å²) in [7, 11) is 0. The molecule has 3 aromatic carbocycles. The highest BCUT2D eigenvalue weighted by Crippen LogP contribution is 2.37. The number of halogens is 1. The molecule has 5 rings (SSSR count). The topological polar surface area (TPSA) is 105 Å². The van der Waals surface area contributed by atoms with E-state index in [1.54, 1.807) is 18.0 Å². The summed E-state index contributed by atoms with van der Waals surface area (Å²) in [5, 5.41) is 10.2. The van der Waals surface area contributed by atoms with E-state index in [0.717, 1.165) is 47.8 Å². The van der Waals surface area contributed by atoms with Crippen LogP contribution in [0.2, 0.25) is 0 Å². The van der Waals surface area contributed by atoms with Crippen molar-refractivity contribution < 1.29 is 14.3 Å². The van der Waals surface area contributed by atoms with Crippen molar-refractivity contribution >= 4 is 67.7 Å². The van der Waals surface area contributed by atoms with Crippen LogP contribution in [0.4, 0.5) is 21.9 Å². The molecule has 2 aromatic heterocycles. The lowest BCUT2D eigenvalue weighted by molar-refractivity contribution is 0.0635. The van der Waals surface area contributed by atoms with Crippen molar-refractivity contribution in [2.75, 3.05) is 10.6 Å². The van der Waals surface area contributed by atoms with Crippen LogP contribution in [0.1, 0.15) is 62.2 Å². The molecule has 0 spiro atoms. The van der Waals surface area contributed by atoms with Gasteiger partial charge in [-0.15, -0.1) is 0 Å². The van der Waals surface area contributed by atoms with E-state index < -0.39 is 11.7 Å². The maximum atomic E-state index is 13.3. The number of nitrogens with one attached hydrogen (secondary N) is 3. The molecule has 2 amide bonds. The van der Waals surface area contributed by atoms with E-state index >= 15 is 0 Å². The van der Waals surface area contributed by atoms with Gasteiger partial charge in [0, 0.05) is 55.5 Å². The molecule has 2 heterocycles. The van der Waals surface area contributed by atoms with E-state index in [-0.39, 0.29) is 11.8 Å². The fourth-order valence-corrected chi connectivity index (χ4v) is 5.67. The summed E-state index contributed by atoms with van der Waals surface area (Å²) < 4.78 is 6.34. The van der Waals surface area contributed by atoms with Crippen molar-refractivity contribution in [3.63, 3.8) is 0 Å². The van der Waals surface area contributed by atoms with Gasteiger partial charge in [0.05, 0.1) is 16.9 Å². The van der Waals surface area contributed by atoms with Crippen molar-refractivity contribution in [2.45, 2.75) is 62.5 Å². The lowest BCUT2D eigenvalue weighted by Gasteiger charge is -2.19. The molecule has 0 unspecified atom stereocenters. The van der Waals surface area contributed by atoms with Crippen molar-refractivity contribution in [3.8, 4) is 0 Å². The molecular formula is C36H36BrN5O3S. The zero-order chi connectivity index (χ0) is 32.8. The molecule has 0 radical (unpaired) electrons. The van der Waals surface area contributed by atoms with E-state index in [1.165, 1.54) is 0 Å². The molecule has 10 heteroatoms. The second-order valence-corrected chi connectivity index (χ2v) is 14.1. The number of hydrogen-bond acceptors (Lipinski definition) is 7. The van der Waals surface area contributed by atoms with Crippen LogP contribution in [0, 0.1) is 0 Å². The third-order valence-corrected chi connectivity index (χ3v) is 8.46. The molecule has 0 aliphatic rings. The number of amides is 2. The predicted octanol–water partition coefficient (Wildman–Crippen LogP) is 9.69. The molecule has 0 aliphatic heterocycles.